The van der Waals surface area contributed by atoms with Gasteiger partial charge in [-0.25, -0.2) is 8.42 Å². The highest BCUT2D eigenvalue weighted by Gasteiger charge is 2.26. The fourth-order valence-corrected chi connectivity index (χ4v) is 4.81. The second kappa shape index (κ2) is 5.56. The van der Waals surface area contributed by atoms with E-state index < -0.39 is 10.0 Å². The van der Waals surface area contributed by atoms with Gasteiger partial charge in [-0.05, 0) is 41.1 Å². The van der Waals surface area contributed by atoms with Crippen LogP contribution in [0.1, 0.15) is 10.4 Å². The van der Waals surface area contributed by atoms with Crippen LogP contribution in [-0.4, -0.2) is 14.3 Å². The summed E-state index contributed by atoms with van der Waals surface area (Å²) in [4.78, 5) is 12.2. The fourth-order valence-electron chi connectivity index (χ4n) is 3.56. The molecule has 0 spiro atoms. The lowest BCUT2D eigenvalue weighted by Crippen LogP contribution is -2.13. The van der Waals surface area contributed by atoms with E-state index in [1.165, 1.54) is 6.07 Å². The number of anilines is 2. The molecule has 0 saturated heterocycles. The maximum Gasteiger partial charge on any atom is 0.262 e. The SMILES string of the molecule is O=C1Nc2ccc(S(=O)(=O)Nc3ccc4ccccc4c3)c3cccc1c23. The summed E-state index contributed by atoms with van der Waals surface area (Å²) in [5.41, 5.74) is 1.62. The minimum atomic E-state index is -3.82. The zero-order valence-corrected chi connectivity index (χ0v) is 14.9. The maximum atomic E-state index is 13.1. The smallest absolute Gasteiger partial charge is 0.262 e. The predicted octanol–water partition coefficient (Wildman–Crippen LogP) is 4.36. The second-order valence-electron chi connectivity index (χ2n) is 6.46. The third-order valence-electron chi connectivity index (χ3n) is 4.78. The molecule has 5 nitrogen and oxygen atoms in total. The maximum absolute atomic E-state index is 13.1. The van der Waals surface area contributed by atoms with Crippen LogP contribution < -0.4 is 10.0 Å². The van der Waals surface area contributed by atoms with Crippen molar-refractivity contribution < 1.29 is 13.2 Å². The molecule has 0 aromatic heterocycles. The first-order chi connectivity index (χ1) is 13.0. The molecule has 132 valence electrons. The Morgan fingerprint density at radius 3 is 2.48 bits per heavy atom. The highest BCUT2D eigenvalue weighted by molar-refractivity contribution is 7.93. The minimum Gasteiger partial charge on any atom is -0.321 e. The molecule has 0 bridgehead atoms. The molecule has 1 aliphatic rings. The third-order valence-corrected chi connectivity index (χ3v) is 6.22. The Bertz CT molecular complexity index is 1360. The molecule has 4 aromatic carbocycles. The van der Waals surface area contributed by atoms with Crippen LogP contribution in [0.3, 0.4) is 0 Å². The Morgan fingerprint density at radius 2 is 1.63 bits per heavy atom. The van der Waals surface area contributed by atoms with Gasteiger partial charge in [0.25, 0.3) is 15.9 Å². The van der Waals surface area contributed by atoms with Crippen LogP contribution in [-0.2, 0) is 10.0 Å². The van der Waals surface area contributed by atoms with E-state index in [0.717, 1.165) is 10.8 Å². The molecule has 0 saturated carbocycles. The Hall–Kier alpha value is -3.38. The van der Waals surface area contributed by atoms with Gasteiger partial charge in [-0.15, -0.1) is 0 Å². The number of carbonyl (C=O) groups excluding carboxylic acids is 1. The highest BCUT2D eigenvalue weighted by Crippen LogP contribution is 2.37. The molecular weight excluding hydrogens is 360 g/mol. The molecule has 1 aliphatic heterocycles. The van der Waals surface area contributed by atoms with E-state index in [0.29, 0.717) is 27.7 Å². The summed E-state index contributed by atoms with van der Waals surface area (Å²) in [5.74, 6) is -0.215. The number of sulfonamides is 1. The lowest BCUT2D eigenvalue weighted by Gasteiger charge is -2.12. The lowest BCUT2D eigenvalue weighted by molar-refractivity contribution is 0.103. The van der Waals surface area contributed by atoms with Crippen LogP contribution >= 0.6 is 0 Å². The molecule has 27 heavy (non-hydrogen) atoms. The monoisotopic (exact) mass is 374 g/mol. The molecule has 0 atom stereocenters. The number of fused-ring (bicyclic) bond motifs is 1. The quantitative estimate of drug-likeness (QED) is 0.559. The van der Waals surface area contributed by atoms with Crippen molar-refractivity contribution in [2.24, 2.45) is 0 Å². The number of amides is 1. The Labute approximate surface area is 155 Å². The number of benzene rings is 4. The normalized spacial score (nSPS) is 13.1. The largest absolute Gasteiger partial charge is 0.321 e. The molecule has 1 amide bonds. The summed E-state index contributed by atoms with van der Waals surface area (Å²) < 4.78 is 28.8. The van der Waals surface area contributed by atoms with E-state index in [1.54, 1.807) is 36.4 Å². The Kier molecular flexibility index (Phi) is 3.26. The molecule has 6 heteroatoms. The summed E-state index contributed by atoms with van der Waals surface area (Å²) in [7, 11) is -3.82. The van der Waals surface area contributed by atoms with Crippen molar-refractivity contribution in [3.63, 3.8) is 0 Å². The third kappa shape index (κ3) is 2.45. The molecular formula is C21H14N2O3S. The van der Waals surface area contributed by atoms with Crippen LogP contribution in [0, 0.1) is 0 Å². The van der Waals surface area contributed by atoms with Crippen molar-refractivity contribution in [1.29, 1.82) is 0 Å². The van der Waals surface area contributed by atoms with Gasteiger partial charge in [-0.1, -0.05) is 42.5 Å². The number of hydrogen-bond acceptors (Lipinski definition) is 3. The van der Waals surface area contributed by atoms with E-state index in [2.05, 4.69) is 10.0 Å². The average Bonchev–Trinajstić information content (AvgIpc) is 2.99. The zero-order chi connectivity index (χ0) is 18.6. The second-order valence-corrected chi connectivity index (χ2v) is 8.11. The van der Waals surface area contributed by atoms with Crippen LogP contribution in [0.5, 0.6) is 0 Å². The number of hydrogen-bond donors (Lipinski definition) is 2. The van der Waals surface area contributed by atoms with Gasteiger partial charge in [0.1, 0.15) is 0 Å². The van der Waals surface area contributed by atoms with Crippen LogP contribution in [0.25, 0.3) is 21.5 Å². The average molecular weight is 374 g/mol. The summed E-state index contributed by atoms with van der Waals surface area (Å²) in [6.07, 6.45) is 0. The van der Waals surface area contributed by atoms with Gasteiger partial charge in [-0.2, -0.15) is 0 Å². The topological polar surface area (TPSA) is 75.3 Å². The van der Waals surface area contributed by atoms with Crippen LogP contribution in [0.2, 0.25) is 0 Å². The van der Waals surface area contributed by atoms with E-state index in [4.69, 9.17) is 0 Å². The van der Waals surface area contributed by atoms with Gasteiger partial charge >= 0.3 is 0 Å². The minimum absolute atomic E-state index is 0.146. The molecule has 2 N–H and O–H groups in total. The van der Waals surface area contributed by atoms with Crippen molar-refractivity contribution >= 4 is 48.9 Å². The van der Waals surface area contributed by atoms with Crippen molar-refractivity contribution in [3.05, 3.63) is 78.4 Å². The molecule has 0 unspecified atom stereocenters. The predicted molar refractivity (Wildman–Crippen MR) is 107 cm³/mol. The number of carbonyl (C=O) groups is 1. The Balaban J connectivity index is 1.63. The molecule has 0 aliphatic carbocycles. The van der Waals surface area contributed by atoms with Gasteiger partial charge < -0.3 is 5.32 Å². The molecule has 0 radical (unpaired) electrons. The van der Waals surface area contributed by atoms with Gasteiger partial charge in [0.2, 0.25) is 0 Å². The number of rotatable bonds is 3. The van der Waals surface area contributed by atoms with Gasteiger partial charge in [0.05, 0.1) is 4.90 Å². The van der Waals surface area contributed by atoms with E-state index in [-0.39, 0.29) is 10.8 Å². The van der Waals surface area contributed by atoms with Crippen molar-refractivity contribution in [2.75, 3.05) is 10.0 Å². The van der Waals surface area contributed by atoms with Gasteiger partial charge in [0.15, 0.2) is 0 Å². The van der Waals surface area contributed by atoms with Gasteiger partial charge in [0, 0.05) is 27.7 Å². The van der Waals surface area contributed by atoms with Crippen molar-refractivity contribution in [2.45, 2.75) is 4.90 Å². The lowest BCUT2D eigenvalue weighted by atomic mass is 10.1. The first-order valence-corrected chi connectivity index (χ1v) is 9.90. The molecule has 4 aromatic rings. The van der Waals surface area contributed by atoms with E-state index >= 15 is 0 Å². The summed E-state index contributed by atoms with van der Waals surface area (Å²) in [5, 5.41) is 5.92. The highest BCUT2D eigenvalue weighted by atomic mass is 32.2. The van der Waals surface area contributed by atoms with Crippen LogP contribution in [0.4, 0.5) is 11.4 Å². The molecule has 0 fully saturated rings. The molecule has 1 heterocycles. The summed E-state index contributed by atoms with van der Waals surface area (Å²) >= 11 is 0. The first-order valence-electron chi connectivity index (χ1n) is 8.42. The Morgan fingerprint density at radius 1 is 0.815 bits per heavy atom. The van der Waals surface area contributed by atoms with E-state index in [9.17, 15) is 13.2 Å². The summed E-state index contributed by atoms with van der Waals surface area (Å²) in [6, 6.07) is 21.4. The van der Waals surface area contributed by atoms with Crippen LogP contribution in [0.15, 0.2) is 77.7 Å². The van der Waals surface area contributed by atoms with Crippen molar-refractivity contribution in [1.82, 2.24) is 0 Å². The van der Waals surface area contributed by atoms with Crippen molar-refractivity contribution in [3.8, 4) is 0 Å². The molecule has 5 rings (SSSR count). The van der Waals surface area contributed by atoms with Gasteiger partial charge in [-0.3, -0.25) is 9.52 Å². The fraction of sp³-hybridized carbons (Fsp3) is 0. The number of nitrogens with one attached hydrogen (secondary N) is 2. The standard InChI is InChI=1S/C21H14N2O3S/c24-21-17-7-3-6-16-19(11-10-18(22-21)20(16)17)27(25,26)23-15-9-8-13-4-1-2-5-14(13)12-15/h1-12,23H,(H,22,24). The summed E-state index contributed by atoms with van der Waals surface area (Å²) in [6.45, 7) is 0. The van der Waals surface area contributed by atoms with E-state index in [1.807, 2.05) is 30.3 Å². The zero-order valence-electron chi connectivity index (χ0n) is 14.1. The first kappa shape index (κ1) is 15.8.